The Morgan fingerprint density at radius 2 is 2.04 bits per heavy atom. The minimum absolute atomic E-state index is 0.116. The molecule has 122 valence electrons. The first-order valence-electron chi connectivity index (χ1n) is 7.35. The number of nitriles is 1. The third-order valence-electron chi connectivity index (χ3n) is 3.16. The normalized spacial score (nSPS) is 11.0. The Balaban J connectivity index is 2.56. The largest absolute Gasteiger partial charge is 0.445 e. The molecule has 1 aromatic carbocycles. The van der Waals surface area contributed by atoms with E-state index in [9.17, 15) is 9.59 Å². The van der Waals surface area contributed by atoms with Gasteiger partial charge in [-0.25, -0.2) is 4.79 Å². The van der Waals surface area contributed by atoms with Crippen molar-refractivity contribution in [3.05, 3.63) is 48.0 Å². The van der Waals surface area contributed by atoms with Crippen molar-refractivity contribution in [2.24, 2.45) is 0 Å². The number of carbonyl (C=O) groups excluding carboxylic acids is 2. The first kappa shape index (κ1) is 18.2. The number of carbonyl (C=O) groups is 2. The summed E-state index contributed by atoms with van der Waals surface area (Å²) < 4.78 is 5.10. The second kappa shape index (κ2) is 10.0. The highest BCUT2D eigenvalue weighted by Crippen LogP contribution is 2.08. The van der Waals surface area contributed by atoms with Crippen LogP contribution in [0.2, 0.25) is 0 Å². The van der Waals surface area contributed by atoms with E-state index in [1.807, 2.05) is 43.3 Å². The van der Waals surface area contributed by atoms with Gasteiger partial charge in [0.2, 0.25) is 5.91 Å². The van der Waals surface area contributed by atoms with Crippen molar-refractivity contribution in [1.82, 2.24) is 10.6 Å². The molecule has 0 fully saturated rings. The number of hydrogen-bond donors (Lipinski definition) is 2. The molecule has 1 atom stereocenters. The van der Waals surface area contributed by atoms with E-state index >= 15 is 0 Å². The first-order valence-corrected chi connectivity index (χ1v) is 7.35. The molecule has 0 saturated carbocycles. The van der Waals surface area contributed by atoms with Gasteiger partial charge >= 0.3 is 6.09 Å². The summed E-state index contributed by atoms with van der Waals surface area (Å²) >= 11 is 0. The summed E-state index contributed by atoms with van der Waals surface area (Å²) in [5, 5.41) is 13.5. The standard InChI is InChI=1S/C17H21N3O3/c1-3-13(2)11-15(16(21)19-10-9-18)20-17(22)23-12-14-7-5-4-6-8-14/h4-8,15H,2-3,10-12H2,1H3,(H,19,21)(H,20,22). The Morgan fingerprint density at radius 1 is 1.35 bits per heavy atom. The Bertz CT molecular complexity index is 578. The van der Waals surface area contributed by atoms with Crippen LogP contribution in [0.5, 0.6) is 0 Å². The van der Waals surface area contributed by atoms with Crippen LogP contribution in [-0.4, -0.2) is 24.6 Å². The van der Waals surface area contributed by atoms with E-state index in [1.165, 1.54) is 0 Å². The van der Waals surface area contributed by atoms with Crippen molar-refractivity contribution in [2.45, 2.75) is 32.4 Å². The molecule has 1 rings (SSSR count). The predicted octanol–water partition coefficient (Wildman–Crippen LogP) is 2.28. The fourth-order valence-electron chi connectivity index (χ4n) is 1.80. The monoisotopic (exact) mass is 315 g/mol. The minimum Gasteiger partial charge on any atom is -0.445 e. The van der Waals surface area contributed by atoms with Crippen LogP contribution in [0.3, 0.4) is 0 Å². The zero-order valence-electron chi connectivity index (χ0n) is 13.2. The molecule has 0 bridgehead atoms. The lowest BCUT2D eigenvalue weighted by Crippen LogP contribution is -2.47. The van der Waals surface area contributed by atoms with Crippen molar-refractivity contribution in [3.63, 3.8) is 0 Å². The van der Waals surface area contributed by atoms with Gasteiger partial charge in [0.25, 0.3) is 0 Å². The Hall–Kier alpha value is -2.81. The van der Waals surface area contributed by atoms with Crippen molar-refractivity contribution in [1.29, 1.82) is 5.26 Å². The molecule has 23 heavy (non-hydrogen) atoms. The molecule has 0 aliphatic heterocycles. The molecule has 2 N–H and O–H groups in total. The Kier molecular flexibility index (Phi) is 7.94. The summed E-state index contributed by atoms with van der Waals surface area (Å²) in [6, 6.07) is 10.3. The van der Waals surface area contributed by atoms with Crippen LogP contribution in [0.4, 0.5) is 4.79 Å². The SMILES string of the molecule is C=C(CC)CC(NC(=O)OCc1ccccc1)C(=O)NCC#N. The van der Waals surface area contributed by atoms with Gasteiger partial charge in [0.1, 0.15) is 19.2 Å². The van der Waals surface area contributed by atoms with E-state index in [0.717, 1.165) is 11.1 Å². The van der Waals surface area contributed by atoms with Gasteiger partial charge in [-0.05, 0) is 18.4 Å². The summed E-state index contributed by atoms with van der Waals surface area (Å²) in [7, 11) is 0. The van der Waals surface area contributed by atoms with E-state index < -0.39 is 18.0 Å². The number of nitrogens with one attached hydrogen (secondary N) is 2. The highest BCUT2D eigenvalue weighted by atomic mass is 16.5. The Labute approximate surface area is 136 Å². The molecule has 0 aliphatic carbocycles. The van der Waals surface area contributed by atoms with Gasteiger partial charge < -0.3 is 15.4 Å². The average Bonchev–Trinajstić information content (AvgIpc) is 2.58. The fourth-order valence-corrected chi connectivity index (χ4v) is 1.80. The van der Waals surface area contributed by atoms with Crippen LogP contribution in [0, 0.1) is 11.3 Å². The van der Waals surface area contributed by atoms with E-state index in [1.54, 1.807) is 0 Å². The smallest absolute Gasteiger partial charge is 0.408 e. The van der Waals surface area contributed by atoms with Crippen LogP contribution < -0.4 is 10.6 Å². The maximum absolute atomic E-state index is 12.0. The number of hydrogen-bond acceptors (Lipinski definition) is 4. The molecule has 0 saturated heterocycles. The van der Waals surface area contributed by atoms with Crippen molar-refractivity contribution >= 4 is 12.0 Å². The molecular weight excluding hydrogens is 294 g/mol. The van der Waals surface area contributed by atoms with E-state index in [2.05, 4.69) is 17.2 Å². The van der Waals surface area contributed by atoms with Crippen molar-refractivity contribution in [3.8, 4) is 6.07 Å². The van der Waals surface area contributed by atoms with E-state index in [4.69, 9.17) is 10.00 Å². The number of alkyl carbamates (subject to hydrolysis) is 1. The lowest BCUT2D eigenvalue weighted by atomic mass is 10.1. The molecule has 1 aromatic rings. The van der Waals surface area contributed by atoms with Gasteiger partial charge in [0, 0.05) is 0 Å². The number of amides is 2. The molecule has 0 radical (unpaired) electrons. The average molecular weight is 315 g/mol. The molecule has 0 heterocycles. The lowest BCUT2D eigenvalue weighted by molar-refractivity contribution is -0.122. The minimum atomic E-state index is -0.806. The number of ether oxygens (including phenoxy) is 1. The van der Waals surface area contributed by atoms with Gasteiger partial charge in [-0.1, -0.05) is 49.4 Å². The van der Waals surface area contributed by atoms with Crippen LogP contribution >= 0.6 is 0 Å². The number of rotatable bonds is 8. The molecule has 0 aromatic heterocycles. The van der Waals surface area contributed by atoms with Crippen LogP contribution in [-0.2, 0) is 16.1 Å². The molecule has 1 unspecified atom stereocenters. The summed E-state index contributed by atoms with van der Waals surface area (Å²) in [5.41, 5.74) is 1.68. The number of nitrogens with zero attached hydrogens (tertiary/aromatic N) is 1. The van der Waals surface area contributed by atoms with Crippen LogP contribution in [0.1, 0.15) is 25.3 Å². The zero-order valence-corrected chi connectivity index (χ0v) is 13.2. The van der Waals surface area contributed by atoms with Gasteiger partial charge in [-0.2, -0.15) is 5.26 Å². The second-order valence-electron chi connectivity index (χ2n) is 4.94. The molecule has 6 heteroatoms. The highest BCUT2D eigenvalue weighted by molar-refractivity contribution is 5.86. The molecule has 6 nitrogen and oxygen atoms in total. The van der Waals surface area contributed by atoms with Gasteiger partial charge in [0.15, 0.2) is 0 Å². The van der Waals surface area contributed by atoms with Crippen LogP contribution in [0.15, 0.2) is 42.5 Å². The third kappa shape index (κ3) is 7.14. The summed E-state index contributed by atoms with van der Waals surface area (Å²) in [4.78, 5) is 23.9. The lowest BCUT2D eigenvalue weighted by Gasteiger charge is -2.18. The first-order chi connectivity index (χ1) is 11.1. The summed E-state index contributed by atoms with van der Waals surface area (Å²) in [6.07, 6.45) is 0.312. The van der Waals surface area contributed by atoms with Crippen molar-refractivity contribution in [2.75, 3.05) is 6.54 Å². The fraction of sp³-hybridized carbons (Fsp3) is 0.353. The highest BCUT2D eigenvalue weighted by Gasteiger charge is 2.21. The zero-order chi connectivity index (χ0) is 17.1. The van der Waals surface area contributed by atoms with Crippen LogP contribution in [0.25, 0.3) is 0 Å². The quantitative estimate of drug-likeness (QED) is 0.569. The van der Waals surface area contributed by atoms with Gasteiger partial charge in [-0.3, -0.25) is 4.79 Å². The number of benzene rings is 1. The van der Waals surface area contributed by atoms with Crippen molar-refractivity contribution < 1.29 is 14.3 Å². The Morgan fingerprint density at radius 3 is 2.65 bits per heavy atom. The third-order valence-corrected chi connectivity index (χ3v) is 3.16. The van der Waals surface area contributed by atoms with E-state index in [-0.39, 0.29) is 13.2 Å². The summed E-state index contributed by atoms with van der Waals surface area (Å²) in [6.45, 7) is 5.76. The predicted molar refractivity (Wildman–Crippen MR) is 86.2 cm³/mol. The molecular formula is C17H21N3O3. The van der Waals surface area contributed by atoms with E-state index in [0.29, 0.717) is 12.8 Å². The maximum Gasteiger partial charge on any atom is 0.408 e. The molecule has 2 amide bonds. The van der Waals surface area contributed by atoms with Gasteiger partial charge in [-0.15, -0.1) is 0 Å². The van der Waals surface area contributed by atoms with Gasteiger partial charge in [0.05, 0.1) is 6.07 Å². The molecule has 0 spiro atoms. The summed E-state index contributed by atoms with van der Waals surface area (Å²) in [5.74, 6) is -0.433. The molecule has 0 aliphatic rings. The second-order valence-corrected chi connectivity index (χ2v) is 4.94. The topological polar surface area (TPSA) is 91.2 Å². The maximum atomic E-state index is 12.0.